The van der Waals surface area contributed by atoms with Gasteiger partial charge in [0, 0.05) is 17.3 Å². The number of fused-ring (bicyclic) bond motifs is 1. The molecule has 0 radical (unpaired) electrons. The van der Waals surface area contributed by atoms with Gasteiger partial charge in [0.2, 0.25) is 11.8 Å². The normalized spacial score (nSPS) is 14.3. The van der Waals surface area contributed by atoms with Crippen LogP contribution in [0, 0.1) is 0 Å². The predicted octanol–water partition coefficient (Wildman–Crippen LogP) is 1.94. The topological polar surface area (TPSA) is 153 Å². The number of aromatic amines is 2. The zero-order valence-corrected chi connectivity index (χ0v) is 20.5. The number of aromatic nitrogens is 6. The number of rotatable bonds is 7. The highest BCUT2D eigenvalue weighted by atomic mass is 16.3. The second kappa shape index (κ2) is 9.43. The predicted molar refractivity (Wildman–Crippen MR) is 140 cm³/mol. The zero-order chi connectivity index (χ0) is 26.2. The summed E-state index contributed by atoms with van der Waals surface area (Å²) < 4.78 is 1.55. The highest BCUT2D eigenvalue weighted by molar-refractivity contribution is 5.95. The van der Waals surface area contributed by atoms with Gasteiger partial charge in [-0.15, -0.1) is 0 Å². The van der Waals surface area contributed by atoms with Crippen LogP contribution in [0.15, 0.2) is 64.5 Å². The van der Waals surface area contributed by atoms with Crippen LogP contribution < -0.4 is 21.8 Å². The van der Waals surface area contributed by atoms with Crippen LogP contribution in [-0.4, -0.2) is 46.5 Å². The van der Waals surface area contributed by atoms with Gasteiger partial charge in [0.1, 0.15) is 5.69 Å². The Morgan fingerprint density at radius 2 is 2.03 bits per heavy atom. The van der Waals surface area contributed by atoms with Gasteiger partial charge in [0.25, 0.3) is 5.62 Å². The van der Waals surface area contributed by atoms with Crippen LogP contribution >= 0.6 is 0 Å². The Hall–Kier alpha value is -5.06. The van der Waals surface area contributed by atoms with Gasteiger partial charge in [-0.1, -0.05) is 42.5 Å². The van der Waals surface area contributed by atoms with Crippen molar-refractivity contribution >= 4 is 23.5 Å². The number of ketones is 1. The quantitative estimate of drug-likeness (QED) is 0.245. The molecule has 3 heterocycles. The average Bonchev–Trinajstić information content (AvgIpc) is 3.55. The van der Waals surface area contributed by atoms with E-state index in [-0.39, 0.29) is 23.4 Å². The molecule has 1 saturated carbocycles. The first-order chi connectivity index (χ1) is 18.4. The van der Waals surface area contributed by atoms with Gasteiger partial charge in [-0.3, -0.25) is 9.78 Å². The van der Waals surface area contributed by atoms with Crippen molar-refractivity contribution in [1.29, 1.82) is 0 Å². The van der Waals surface area contributed by atoms with Crippen molar-refractivity contribution in [3.05, 3.63) is 92.9 Å². The fourth-order valence-electron chi connectivity index (χ4n) is 4.20. The summed E-state index contributed by atoms with van der Waals surface area (Å²) in [5.41, 5.74) is 4.22. The lowest BCUT2D eigenvalue weighted by Gasteiger charge is -2.12. The van der Waals surface area contributed by atoms with E-state index in [0.717, 1.165) is 29.5 Å². The number of H-pyrrole nitrogens is 2. The Labute approximate surface area is 215 Å². The van der Waals surface area contributed by atoms with Crippen LogP contribution in [0.1, 0.15) is 41.4 Å². The molecule has 1 aliphatic carbocycles. The van der Waals surface area contributed by atoms with Crippen LogP contribution in [0.3, 0.4) is 0 Å². The minimum atomic E-state index is -0.515. The summed E-state index contributed by atoms with van der Waals surface area (Å²) in [6.45, 7) is 1.99. The summed E-state index contributed by atoms with van der Waals surface area (Å²) in [7, 11) is 0. The summed E-state index contributed by atoms with van der Waals surface area (Å²) in [4.78, 5) is 42.3. The van der Waals surface area contributed by atoms with E-state index in [4.69, 9.17) is 4.99 Å². The first-order valence-corrected chi connectivity index (χ1v) is 12.2. The van der Waals surface area contributed by atoms with Gasteiger partial charge < -0.3 is 15.4 Å². The van der Waals surface area contributed by atoms with Crippen LogP contribution in [0.2, 0.25) is 0 Å². The molecule has 2 aromatic carbocycles. The zero-order valence-electron chi connectivity index (χ0n) is 20.5. The van der Waals surface area contributed by atoms with Crippen LogP contribution in [0.4, 0.5) is 5.95 Å². The van der Waals surface area contributed by atoms with E-state index < -0.39 is 5.69 Å². The summed E-state index contributed by atoms with van der Waals surface area (Å²) in [6, 6.07) is 15.7. The van der Waals surface area contributed by atoms with Crippen molar-refractivity contribution in [2.24, 2.45) is 4.99 Å². The second-order valence-corrected chi connectivity index (χ2v) is 9.18. The lowest BCUT2D eigenvalue weighted by atomic mass is 9.97. The number of anilines is 1. The third-order valence-corrected chi connectivity index (χ3v) is 6.29. The van der Waals surface area contributed by atoms with Gasteiger partial charge in [-0.2, -0.15) is 19.6 Å². The molecular formula is C27H24N8O3. The molecule has 0 saturated heterocycles. The lowest BCUT2D eigenvalue weighted by Crippen LogP contribution is -2.24. The lowest BCUT2D eigenvalue weighted by molar-refractivity contribution is 0.101. The third kappa shape index (κ3) is 4.69. The Morgan fingerprint density at radius 3 is 2.79 bits per heavy atom. The number of carbonyl (C=O) groups is 1. The highest BCUT2D eigenvalue weighted by Gasteiger charge is 2.21. The molecular weight excluding hydrogens is 484 g/mol. The maximum atomic E-state index is 11.9. The van der Waals surface area contributed by atoms with Crippen molar-refractivity contribution in [2.75, 3.05) is 5.32 Å². The number of nitrogens with one attached hydrogen (secondary N) is 3. The number of nitrogens with zero attached hydrogens (tertiary/aromatic N) is 5. The number of hydrogen-bond acceptors (Lipinski definition) is 8. The van der Waals surface area contributed by atoms with E-state index in [1.165, 1.54) is 0 Å². The molecule has 3 aromatic heterocycles. The Morgan fingerprint density at radius 1 is 1.18 bits per heavy atom. The van der Waals surface area contributed by atoms with Crippen molar-refractivity contribution in [1.82, 2.24) is 29.5 Å². The van der Waals surface area contributed by atoms with E-state index >= 15 is 0 Å². The molecule has 1 aliphatic rings. The molecule has 4 N–H and O–H groups in total. The Bertz CT molecular complexity index is 1860. The molecule has 0 bridgehead atoms. The minimum absolute atomic E-state index is 0.0153. The number of imidazole rings is 1. The second-order valence-electron chi connectivity index (χ2n) is 9.18. The molecule has 5 aromatic rings. The number of hydrogen-bond donors (Lipinski definition) is 4. The summed E-state index contributed by atoms with van der Waals surface area (Å²) in [5.74, 6) is 0.114. The van der Waals surface area contributed by atoms with Gasteiger partial charge in [0.05, 0.1) is 12.2 Å². The van der Waals surface area contributed by atoms with Gasteiger partial charge in [-0.25, -0.2) is 9.79 Å². The molecule has 190 valence electrons. The maximum Gasteiger partial charge on any atom is 0.326 e. The van der Waals surface area contributed by atoms with Gasteiger partial charge in [0.15, 0.2) is 11.4 Å². The van der Waals surface area contributed by atoms with Crippen LogP contribution in [0.25, 0.3) is 22.9 Å². The van der Waals surface area contributed by atoms with Crippen molar-refractivity contribution < 1.29 is 9.90 Å². The molecule has 1 fully saturated rings. The molecule has 0 unspecified atom stereocenters. The van der Waals surface area contributed by atoms with E-state index in [9.17, 15) is 14.7 Å². The van der Waals surface area contributed by atoms with E-state index in [0.29, 0.717) is 34.5 Å². The third-order valence-electron chi connectivity index (χ3n) is 6.29. The molecule has 0 spiro atoms. The highest BCUT2D eigenvalue weighted by Crippen LogP contribution is 2.25. The Kier molecular flexibility index (Phi) is 5.79. The molecule has 0 atom stereocenters. The standard InChI is InChI=1S/C27H24N8O3/c1-15(36)16-6-4-7-17(11-16)21-8-3-2-5-18(21)13-28-25-32-23-19(12-22-24(37)33-27(38)31-22)14-29-35(23)26(34-25)30-20-9-10-20/h2-8,11-12,14,20,37H,9-10,13H2,1H3,(H,28,30,34)(H2,31,33,38). The van der Waals surface area contributed by atoms with Crippen molar-refractivity contribution in [3.8, 4) is 17.0 Å². The molecule has 11 nitrogen and oxygen atoms in total. The SMILES string of the molecule is CC(=O)c1cccc(-c2ccccc2CNc2nc(=NC3CC3)n3ncc(=Cc4[nH]c(=O)[nH]c4O)c3n2)c1. The van der Waals surface area contributed by atoms with Crippen LogP contribution in [-0.2, 0) is 6.54 Å². The van der Waals surface area contributed by atoms with Crippen molar-refractivity contribution in [3.63, 3.8) is 0 Å². The number of carbonyl (C=O) groups excluding carboxylic acids is 1. The fourth-order valence-corrected chi connectivity index (χ4v) is 4.20. The number of aromatic hydroxyl groups is 1. The largest absolute Gasteiger partial charge is 0.493 e. The fraction of sp³-hybridized carbons (Fsp3) is 0.185. The summed E-state index contributed by atoms with van der Waals surface area (Å²) >= 11 is 0. The minimum Gasteiger partial charge on any atom is -0.493 e. The molecule has 6 rings (SSSR count). The van der Waals surface area contributed by atoms with Gasteiger partial charge >= 0.3 is 5.69 Å². The smallest absolute Gasteiger partial charge is 0.326 e. The summed E-state index contributed by atoms with van der Waals surface area (Å²) in [5, 5.41) is 18.3. The van der Waals surface area contributed by atoms with E-state index in [1.807, 2.05) is 48.5 Å². The van der Waals surface area contributed by atoms with Crippen LogP contribution in [0.5, 0.6) is 5.88 Å². The summed E-state index contributed by atoms with van der Waals surface area (Å²) in [6.07, 6.45) is 5.17. The average molecular weight is 509 g/mol. The van der Waals surface area contributed by atoms with Crippen molar-refractivity contribution in [2.45, 2.75) is 32.4 Å². The number of benzene rings is 2. The van der Waals surface area contributed by atoms with E-state index in [2.05, 4.69) is 30.4 Å². The first kappa shape index (κ1) is 23.3. The maximum absolute atomic E-state index is 11.9. The number of Topliss-reactive ketones (excluding diaryl/α,β-unsaturated/α-hetero) is 1. The molecule has 0 amide bonds. The molecule has 0 aliphatic heterocycles. The monoisotopic (exact) mass is 508 g/mol. The van der Waals surface area contributed by atoms with E-state index in [1.54, 1.807) is 23.7 Å². The Balaban J connectivity index is 1.39. The molecule has 38 heavy (non-hydrogen) atoms. The molecule has 11 heteroatoms. The van der Waals surface area contributed by atoms with Gasteiger partial charge in [-0.05, 0) is 48.6 Å². The first-order valence-electron chi connectivity index (χ1n) is 12.2.